The van der Waals surface area contributed by atoms with Crippen LogP contribution in [0, 0.1) is 6.92 Å². The zero-order valence-corrected chi connectivity index (χ0v) is 12.7. The molecule has 0 aliphatic carbocycles. The van der Waals surface area contributed by atoms with E-state index in [1.165, 1.54) is 18.2 Å². The van der Waals surface area contributed by atoms with Gasteiger partial charge in [0.1, 0.15) is 17.1 Å². The molecule has 0 radical (unpaired) electrons. The van der Waals surface area contributed by atoms with Gasteiger partial charge in [0.25, 0.3) is 5.91 Å². The second-order valence-electron chi connectivity index (χ2n) is 5.40. The summed E-state index contributed by atoms with van der Waals surface area (Å²) in [5.74, 6) is -0.645. The van der Waals surface area contributed by atoms with E-state index >= 15 is 0 Å². The number of nitrogens with one attached hydrogen (secondary N) is 1. The highest BCUT2D eigenvalue weighted by Crippen LogP contribution is 2.20. The fraction of sp³-hybridized carbons (Fsp3) is 0.176. The van der Waals surface area contributed by atoms with Crippen molar-refractivity contribution in [2.75, 3.05) is 6.54 Å². The van der Waals surface area contributed by atoms with Crippen LogP contribution in [0.4, 0.5) is 0 Å². The molecule has 3 N–H and O–H groups in total. The fourth-order valence-electron chi connectivity index (χ4n) is 2.46. The summed E-state index contributed by atoms with van der Waals surface area (Å²) in [4.78, 5) is 16.5. The van der Waals surface area contributed by atoms with E-state index in [-0.39, 0.29) is 23.0 Å². The Morgan fingerprint density at radius 2 is 2.00 bits per heavy atom. The lowest BCUT2D eigenvalue weighted by Gasteiger charge is -2.05. The number of phenolic OH excluding ortho intramolecular Hbond substituents is 2. The number of pyridine rings is 1. The van der Waals surface area contributed by atoms with Crippen molar-refractivity contribution in [1.29, 1.82) is 0 Å². The molecule has 0 saturated carbocycles. The van der Waals surface area contributed by atoms with Crippen molar-refractivity contribution in [2.24, 2.45) is 0 Å². The minimum atomic E-state index is -0.351. The number of rotatable bonds is 4. The lowest BCUT2D eigenvalue weighted by atomic mass is 10.2. The molecule has 2 aromatic heterocycles. The molecule has 0 fully saturated rings. The molecule has 3 aromatic rings. The zero-order chi connectivity index (χ0) is 16.4. The Labute approximate surface area is 133 Å². The van der Waals surface area contributed by atoms with Crippen molar-refractivity contribution < 1.29 is 15.0 Å². The summed E-state index contributed by atoms with van der Waals surface area (Å²) in [7, 11) is 0. The number of aromatic hydroxyl groups is 2. The van der Waals surface area contributed by atoms with Crippen LogP contribution in [0.2, 0.25) is 0 Å². The second kappa shape index (κ2) is 6.00. The largest absolute Gasteiger partial charge is 0.508 e. The Balaban J connectivity index is 1.64. The van der Waals surface area contributed by atoms with Crippen LogP contribution >= 0.6 is 0 Å². The number of hydrogen-bond donors (Lipinski definition) is 3. The summed E-state index contributed by atoms with van der Waals surface area (Å²) in [5, 5.41) is 21.6. The normalized spacial score (nSPS) is 10.8. The van der Waals surface area contributed by atoms with Crippen LogP contribution in [0.15, 0.2) is 42.7 Å². The highest BCUT2D eigenvalue weighted by molar-refractivity contribution is 5.95. The standard InChI is InChI=1S/C17H17N3O3/c1-11-3-2-6-20-10-13(19-16(11)20)4-5-18-17(23)12-7-14(21)9-15(22)8-12/h2-3,6-10,21-22H,4-5H2,1H3,(H,18,23). The van der Waals surface area contributed by atoms with E-state index in [2.05, 4.69) is 10.3 Å². The number of fused-ring (bicyclic) bond motifs is 1. The maximum Gasteiger partial charge on any atom is 0.251 e. The van der Waals surface area contributed by atoms with Crippen LogP contribution in [0.3, 0.4) is 0 Å². The third kappa shape index (κ3) is 3.26. The van der Waals surface area contributed by atoms with Crippen LogP contribution in [0.5, 0.6) is 11.5 Å². The average Bonchev–Trinajstić information content (AvgIpc) is 2.90. The summed E-state index contributed by atoms with van der Waals surface area (Å²) in [6.45, 7) is 2.42. The Morgan fingerprint density at radius 1 is 1.26 bits per heavy atom. The lowest BCUT2D eigenvalue weighted by molar-refractivity contribution is 0.0953. The van der Waals surface area contributed by atoms with Crippen molar-refractivity contribution in [3.05, 3.63) is 59.5 Å². The molecule has 2 heterocycles. The highest BCUT2D eigenvalue weighted by Gasteiger charge is 2.09. The van der Waals surface area contributed by atoms with Crippen molar-refractivity contribution in [3.63, 3.8) is 0 Å². The van der Waals surface area contributed by atoms with E-state index in [0.29, 0.717) is 13.0 Å². The number of carbonyl (C=O) groups excluding carboxylic acids is 1. The number of aryl methyl sites for hydroxylation is 1. The molecule has 1 amide bonds. The fourth-order valence-corrected chi connectivity index (χ4v) is 2.46. The first-order chi connectivity index (χ1) is 11.0. The lowest BCUT2D eigenvalue weighted by Crippen LogP contribution is -2.25. The van der Waals surface area contributed by atoms with Gasteiger partial charge in [-0.05, 0) is 30.7 Å². The van der Waals surface area contributed by atoms with Gasteiger partial charge in [0.15, 0.2) is 0 Å². The molecule has 0 aliphatic heterocycles. The number of amides is 1. The minimum Gasteiger partial charge on any atom is -0.508 e. The van der Waals surface area contributed by atoms with E-state index in [1.54, 1.807) is 0 Å². The van der Waals surface area contributed by atoms with Gasteiger partial charge in [0, 0.05) is 37.0 Å². The molecule has 0 atom stereocenters. The van der Waals surface area contributed by atoms with E-state index in [4.69, 9.17) is 0 Å². The first-order valence-electron chi connectivity index (χ1n) is 7.27. The first kappa shape index (κ1) is 14.9. The van der Waals surface area contributed by atoms with Crippen LogP contribution in [0.1, 0.15) is 21.6 Å². The number of phenols is 2. The summed E-state index contributed by atoms with van der Waals surface area (Å²) >= 11 is 0. The number of aromatic nitrogens is 2. The maximum absolute atomic E-state index is 12.0. The van der Waals surface area contributed by atoms with Gasteiger partial charge < -0.3 is 19.9 Å². The van der Waals surface area contributed by atoms with Gasteiger partial charge in [-0.3, -0.25) is 4.79 Å². The Hall–Kier alpha value is -3.02. The van der Waals surface area contributed by atoms with Gasteiger partial charge in [-0.15, -0.1) is 0 Å². The quantitative estimate of drug-likeness (QED) is 0.688. The molecule has 0 aliphatic rings. The third-order valence-electron chi connectivity index (χ3n) is 3.56. The number of hydrogen-bond acceptors (Lipinski definition) is 4. The Kier molecular flexibility index (Phi) is 3.89. The molecule has 0 spiro atoms. The minimum absolute atomic E-state index is 0.147. The topological polar surface area (TPSA) is 86.9 Å². The van der Waals surface area contributed by atoms with Crippen LogP contribution in [-0.4, -0.2) is 32.0 Å². The highest BCUT2D eigenvalue weighted by atomic mass is 16.3. The maximum atomic E-state index is 12.0. The summed E-state index contributed by atoms with van der Waals surface area (Å²) in [5.41, 5.74) is 3.11. The smallest absolute Gasteiger partial charge is 0.251 e. The van der Waals surface area contributed by atoms with Crippen molar-refractivity contribution in [2.45, 2.75) is 13.3 Å². The molecule has 0 bridgehead atoms. The third-order valence-corrected chi connectivity index (χ3v) is 3.56. The number of carbonyl (C=O) groups is 1. The Morgan fingerprint density at radius 3 is 2.70 bits per heavy atom. The van der Waals surface area contributed by atoms with Crippen molar-refractivity contribution >= 4 is 11.6 Å². The molecule has 0 saturated heterocycles. The molecule has 6 nitrogen and oxygen atoms in total. The average molecular weight is 311 g/mol. The van der Waals surface area contributed by atoms with Crippen molar-refractivity contribution in [1.82, 2.24) is 14.7 Å². The predicted molar refractivity (Wildman–Crippen MR) is 85.7 cm³/mol. The van der Waals surface area contributed by atoms with Gasteiger partial charge in [-0.25, -0.2) is 4.98 Å². The molecule has 6 heteroatoms. The number of benzene rings is 1. The van der Waals surface area contributed by atoms with Crippen LogP contribution in [0.25, 0.3) is 5.65 Å². The molecular weight excluding hydrogens is 294 g/mol. The second-order valence-corrected chi connectivity index (χ2v) is 5.40. The van der Waals surface area contributed by atoms with Gasteiger partial charge in [0.2, 0.25) is 0 Å². The van der Waals surface area contributed by atoms with Gasteiger partial charge in [-0.2, -0.15) is 0 Å². The predicted octanol–water partition coefficient (Wildman–Crippen LogP) is 2.03. The summed E-state index contributed by atoms with van der Waals surface area (Å²) < 4.78 is 1.96. The van der Waals surface area contributed by atoms with Crippen molar-refractivity contribution in [3.8, 4) is 11.5 Å². The van der Waals surface area contributed by atoms with Crippen LogP contribution in [-0.2, 0) is 6.42 Å². The summed E-state index contributed by atoms with van der Waals surface area (Å²) in [6.07, 6.45) is 4.47. The molecule has 3 rings (SSSR count). The molecule has 118 valence electrons. The molecule has 0 unspecified atom stereocenters. The van der Waals surface area contributed by atoms with E-state index in [9.17, 15) is 15.0 Å². The zero-order valence-electron chi connectivity index (χ0n) is 12.7. The SMILES string of the molecule is Cc1cccn2cc(CCNC(=O)c3cc(O)cc(O)c3)nc12. The molecule has 1 aromatic carbocycles. The van der Waals surface area contributed by atoms with E-state index in [0.717, 1.165) is 16.9 Å². The number of imidazole rings is 1. The van der Waals surface area contributed by atoms with Gasteiger partial charge >= 0.3 is 0 Å². The van der Waals surface area contributed by atoms with Gasteiger partial charge in [-0.1, -0.05) is 6.07 Å². The number of nitrogens with zero attached hydrogens (tertiary/aromatic N) is 2. The molecular formula is C17H17N3O3. The van der Waals surface area contributed by atoms with Crippen LogP contribution < -0.4 is 5.32 Å². The molecule has 23 heavy (non-hydrogen) atoms. The van der Waals surface area contributed by atoms with Gasteiger partial charge in [0.05, 0.1) is 5.69 Å². The van der Waals surface area contributed by atoms with E-state index in [1.807, 2.05) is 35.9 Å². The monoisotopic (exact) mass is 311 g/mol. The Bertz CT molecular complexity index is 850. The summed E-state index contributed by atoms with van der Waals surface area (Å²) in [6, 6.07) is 7.76. The first-order valence-corrected chi connectivity index (χ1v) is 7.27. The van der Waals surface area contributed by atoms with E-state index < -0.39 is 0 Å².